The number of amides is 1. The summed E-state index contributed by atoms with van der Waals surface area (Å²) in [7, 11) is 1.97. The maximum Gasteiger partial charge on any atom is 0.253 e. The Morgan fingerprint density at radius 3 is 2.60 bits per heavy atom. The maximum absolute atomic E-state index is 13.6. The number of hydrogen-bond acceptors (Lipinski definition) is 9. The van der Waals surface area contributed by atoms with Crippen molar-refractivity contribution >= 4 is 44.8 Å². The molecule has 1 spiro atoms. The first-order chi connectivity index (χ1) is 20.0. The number of carbonyl (C=O) groups excluding carboxylic acids is 1. The van der Waals surface area contributed by atoms with E-state index >= 15 is 0 Å². The number of nitriles is 1. The summed E-state index contributed by atoms with van der Waals surface area (Å²) in [5.41, 5.74) is 4.86. The molecule has 1 amide bonds. The molecular weight excluding hydrogens is 553 g/mol. The number of hydrogen-bond donors (Lipinski definition) is 1. The third-order valence-electron chi connectivity index (χ3n) is 8.56. The van der Waals surface area contributed by atoms with Crippen molar-refractivity contribution in [3.05, 3.63) is 58.5 Å². The number of nitrogens with zero attached hydrogens (tertiary/aromatic N) is 7. The highest BCUT2D eigenvalue weighted by atomic mass is 32.1. The molecule has 5 heterocycles. The molecule has 1 aromatic carbocycles. The average molecular weight is 584 g/mol. The zero-order valence-corrected chi connectivity index (χ0v) is 24.5. The molecule has 4 aromatic rings. The van der Waals surface area contributed by atoms with Crippen molar-refractivity contribution in [2.45, 2.75) is 38.7 Å². The number of fused-ring (bicyclic) bond motifs is 2. The molecule has 1 N–H and O–H groups in total. The molecule has 0 bridgehead atoms. The number of halogens is 1. The molecule has 1 aliphatic carbocycles. The topological polar surface area (TPSA) is 109 Å². The zero-order valence-electron chi connectivity index (χ0n) is 23.7. The van der Waals surface area contributed by atoms with Gasteiger partial charge in [-0.25, -0.2) is 19.3 Å². The first kappa shape index (κ1) is 26.7. The third kappa shape index (κ3) is 4.28. The molecule has 2 fully saturated rings. The Kier molecular flexibility index (Phi) is 6.01. The monoisotopic (exact) mass is 583 g/mol. The van der Waals surface area contributed by atoms with E-state index in [0.717, 1.165) is 54.8 Å². The summed E-state index contributed by atoms with van der Waals surface area (Å²) >= 11 is 1.31. The minimum Gasteiger partial charge on any atom is -0.381 e. The molecular formula is C31H30FN7O2S. The van der Waals surface area contributed by atoms with Crippen LogP contribution in [0, 0.1) is 22.6 Å². The van der Waals surface area contributed by atoms with Gasteiger partial charge in [-0.2, -0.15) is 5.26 Å². The van der Waals surface area contributed by atoms with Crippen molar-refractivity contribution in [3.8, 4) is 17.3 Å². The largest absolute Gasteiger partial charge is 0.381 e. The van der Waals surface area contributed by atoms with Crippen LogP contribution in [0.25, 0.3) is 22.3 Å². The van der Waals surface area contributed by atoms with Crippen LogP contribution in [0.1, 0.15) is 36.4 Å². The van der Waals surface area contributed by atoms with E-state index < -0.39 is 5.60 Å². The van der Waals surface area contributed by atoms with E-state index in [2.05, 4.69) is 17.0 Å². The highest BCUT2D eigenvalue weighted by Crippen LogP contribution is 2.45. The molecule has 0 radical (unpaired) electrons. The van der Waals surface area contributed by atoms with E-state index in [-0.39, 0.29) is 17.1 Å². The minimum absolute atomic E-state index is 0.0526. The molecule has 11 heteroatoms. The summed E-state index contributed by atoms with van der Waals surface area (Å²) in [6.45, 7) is 6.00. The van der Waals surface area contributed by atoms with Gasteiger partial charge in [-0.05, 0) is 69.0 Å². The van der Waals surface area contributed by atoms with Gasteiger partial charge in [0.2, 0.25) is 0 Å². The minimum atomic E-state index is -1.35. The first-order valence-corrected chi connectivity index (χ1v) is 14.9. The molecule has 3 aromatic heterocycles. The van der Waals surface area contributed by atoms with E-state index in [0.29, 0.717) is 40.0 Å². The molecule has 2 saturated heterocycles. The van der Waals surface area contributed by atoms with Gasteiger partial charge in [-0.1, -0.05) is 11.3 Å². The number of likely N-dealkylation sites (tertiary alicyclic amines) is 1. The van der Waals surface area contributed by atoms with E-state index in [1.54, 1.807) is 17.0 Å². The second-order valence-corrected chi connectivity index (χ2v) is 13.2. The summed E-state index contributed by atoms with van der Waals surface area (Å²) < 4.78 is 13.6. The van der Waals surface area contributed by atoms with Crippen molar-refractivity contribution in [1.29, 1.82) is 5.26 Å². The fourth-order valence-electron chi connectivity index (χ4n) is 6.53. The number of pyridine rings is 2. The highest BCUT2D eigenvalue weighted by Gasteiger charge is 2.54. The fraction of sp³-hybridized carbons (Fsp3) is 0.387. The maximum atomic E-state index is 13.6. The lowest BCUT2D eigenvalue weighted by Crippen LogP contribution is -2.74. The lowest BCUT2D eigenvalue weighted by molar-refractivity contribution is -0.162. The number of aromatic nitrogens is 3. The van der Waals surface area contributed by atoms with E-state index in [9.17, 15) is 19.6 Å². The SMILES string of the molecule is CN(c1nc(-c2ccc(F)cc2)c(C#N)s1)c1c2c(nc3ncc(N4CC5(CN(C(=O)C(C)(C)O)C5)C4)cc13)CCC2. The van der Waals surface area contributed by atoms with Gasteiger partial charge < -0.3 is 19.8 Å². The summed E-state index contributed by atoms with van der Waals surface area (Å²) in [5.74, 6) is -0.562. The number of aliphatic hydroxyl groups is 1. The Labute approximate surface area is 246 Å². The molecule has 214 valence electrons. The Hall–Kier alpha value is -4.14. The molecule has 9 nitrogen and oxygen atoms in total. The number of aryl methyl sites for hydroxylation is 1. The van der Waals surface area contributed by atoms with Crippen LogP contribution in [0.15, 0.2) is 36.5 Å². The van der Waals surface area contributed by atoms with Crippen LogP contribution in [0.4, 0.5) is 20.9 Å². The van der Waals surface area contributed by atoms with Gasteiger partial charge in [-0.3, -0.25) is 4.79 Å². The van der Waals surface area contributed by atoms with Gasteiger partial charge in [0.15, 0.2) is 10.8 Å². The average Bonchev–Trinajstić information content (AvgIpc) is 3.56. The molecule has 7 rings (SSSR count). The number of thiazole rings is 1. The van der Waals surface area contributed by atoms with Crippen LogP contribution >= 0.6 is 11.3 Å². The Morgan fingerprint density at radius 1 is 1.17 bits per heavy atom. The molecule has 0 atom stereocenters. The summed E-state index contributed by atoms with van der Waals surface area (Å²) in [5, 5.41) is 21.6. The van der Waals surface area contributed by atoms with E-state index in [4.69, 9.17) is 15.0 Å². The van der Waals surface area contributed by atoms with Crippen LogP contribution in [-0.2, 0) is 17.6 Å². The Bertz CT molecular complexity index is 1780. The van der Waals surface area contributed by atoms with Crippen molar-refractivity contribution < 1.29 is 14.3 Å². The number of benzene rings is 1. The van der Waals surface area contributed by atoms with Crippen LogP contribution in [-0.4, -0.2) is 69.7 Å². The lowest BCUT2D eigenvalue weighted by atomic mass is 9.72. The van der Waals surface area contributed by atoms with Crippen LogP contribution in [0.3, 0.4) is 0 Å². The molecule has 3 aliphatic rings. The van der Waals surface area contributed by atoms with Gasteiger partial charge >= 0.3 is 0 Å². The smallest absolute Gasteiger partial charge is 0.253 e. The molecule has 0 saturated carbocycles. The highest BCUT2D eigenvalue weighted by molar-refractivity contribution is 7.16. The predicted octanol–water partition coefficient (Wildman–Crippen LogP) is 4.44. The van der Waals surface area contributed by atoms with Crippen LogP contribution < -0.4 is 9.80 Å². The van der Waals surface area contributed by atoms with Crippen LogP contribution in [0.5, 0.6) is 0 Å². The number of carbonyl (C=O) groups is 1. The predicted molar refractivity (Wildman–Crippen MR) is 159 cm³/mol. The van der Waals surface area contributed by atoms with E-state index in [1.165, 1.54) is 42.9 Å². The van der Waals surface area contributed by atoms with Crippen molar-refractivity contribution in [2.75, 3.05) is 43.0 Å². The lowest BCUT2D eigenvalue weighted by Gasteiger charge is -2.61. The second-order valence-electron chi connectivity index (χ2n) is 12.2. The van der Waals surface area contributed by atoms with Gasteiger partial charge in [0.05, 0.1) is 17.6 Å². The number of rotatable bonds is 5. The van der Waals surface area contributed by atoms with Gasteiger partial charge in [0, 0.05) is 55.3 Å². The summed E-state index contributed by atoms with van der Waals surface area (Å²) in [6, 6.07) is 10.5. The summed E-state index contributed by atoms with van der Waals surface area (Å²) in [6.07, 6.45) is 4.69. The number of anilines is 3. The molecule has 0 unspecified atom stereocenters. The second kappa shape index (κ2) is 9.44. The van der Waals surface area contributed by atoms with Crippen molar-refractivity contribution in [1.82, 2.24) is 19.9 Å². The van der Waals surface area contributed by atoms with Crippen LogP contribution in [0.2, 0.25) is 0 Å². The fourth-order valence-corrected chi connectivity index (χ4v) is 7.38. The Morgan fingerprint density at radius 2 is 1.90 bits per heavy atom. The molecule has 2 aliphatic heterocycles. The first-order valence-electron chi connectivity index (χ1n) is 14.0. The van der Waals surface area contributed by atoms with Gasteiger partial charge in [-0.15, -0.1) is 0 Å². The van der Waals surface area contributed by atoms with E-state index in [1.807, 2.05) is 18.1 Å². The van der Waals surface area contributed by atoms with Gasteiger partial charge in [0.1, 0.15) is 28.1 Å². The van der Waals surface area contributed by atoms with Crippen molar-refractivity contribution in [2.24, 2.45) is 5.41 Å². The summed E-state index contributed by atoms with van der Waals surface area (Å²) in [4.78, 5) is 33.5. The standard InChI is InChI=1S/C31H30FN7O2S/c1-30(2,41)28(40)39-16-31(17-39)14-38(15-31)20-11-22-26(21-5-4-6-23(21)35-27(22)34-13-20)37(3)29-36-25(24(12-33)42-29)18-7-9-19(32)10-8-18/h7-11,13,41H,4-6,14-17H2,1-3H3. The Balaban J connectivity index is 1.21. The quantitative estimate of drug-likeness (QED) is 0.367. The third-order valence-corrected chi connectivity index (χ3v) is 9.60. The molecule has 42 heavy (non-hydrogen) atoms. The zero-order chi connectivity index (χ0) is 29.4. The van der Waals surface area contributed by atoms with Crippen molar-refractivity contribution in [3.63, 3.8) is 0 Å². The van der Waals surface area contributed by atoms with Gasteiger partial charge in [0.25, 0.3) is 5.91 Å². The normalized spacial score (nSPS) is 17.1.